The van der Waals surface area contributed by atoms with Crippen molar-refractivity contribution in [2.75, 3.05) is 19.8 Å². The minimum absolute atomic E-state index is 0.353. The third kappa shape index (κ3) is 7.57. The highest BCUT2D eigenvalue weighted by molar-refractivity contribution is 6.30. The molecule has 1 aromatic carbocycles. The van der Waals surface area contributed by atoms with Crippen molar-refractivity contribution in [2.45, 2.75) is 26.2 Å². The number of unbranched alkanes of at least 4 members (excludes halogenated alkanes) is 1. The molecule has 106 valence electrons. The Hall–Kier alpha value is -1.42. The molecule has 0 fully saturated rings. The monoisotopic (exact) mass is 285 g/mol. The molecule has 0 bridgehead atoms. The van der Waals surface area contributed by atoms with E-state index in [1.807, 2.05) is 0 Å². The van der Waals surface area contributed by atoms with Crippen molar-refractivity contribution in [1.29, 1.82) is 0 Å². The van der Waals surface area contributed by atoms with Crippen LogP contribution in [0.5, 0.6) is 5.75 Å². The Bertz CT molecular complexity index is 367. The highest BCUT2D eigenvalue weighted by atomic mass is 35.5. The second kappa shape index (κ2) is 9.50. The summed E-state index contributed by atoms with van der Waals surface area (Å²) in [4.78, 5) is 11.2. The maximum Gasteiger partial charge on any atom is 0.407 e. The van der Waals surface area contributed by atoms with E-state index in [9.17, 15) is 4.79 Å². The molecule has 0 atom stereocenters. The van der Waals surface area contributed by atoms with Gasteiger partial charge in [-0.2, -0.15) is 0 Å². The van der Waals surface area contributed by atoms with Gasteiger partial charge in [-0.05, 0) is 30.7 Å². The number of alkyl carbamates (subject to hydrolysis) is 1. The molecule has 0 saturated heterocycles. The van der Waals surface area contributed by atoms with Gasteiger partial charge in [0.25, 0.3) is 0 Å². The Balaban J connectivity index is 2.01. The molecule has 0 aromatic heterocycles. The molecule has 1 rings (SSSR count). The van der Waals surface area contributed by atoms with Gasteiger partial charge in [0, 0.05) is 18.0 Å². The fourth-order valence-corrected chi connectivity index (χ4v) is 1.49. The van der Waals surface area contributed by atoms with Crippen LogP contribution in [0.25, 0.3) is 0 Å². The Kier molecular flexibility index (Phi) is 7.82. The number of carbonyl (C=O) groups is 1. The van der Waals surface area contributed by atoms with E-state index in [-0.39, 0.29) is 6.09 Å². The normalized spacial score (nSPS) is 10.0. The summed E-state index contributed by atoms with van der Waals surface area (Å²) in [6, 6.07) is 7.16. The van der Waals surface area contributed by atoms with Gasteiger partial charge in [-0.15, -0.1) is 0 Å². The molecule has 0 spiro atoms. The highest BCUT2D eigenvalue weighted by Crippen LogP contribution is 2.15. The largest absolute Gasteiger partial charge is 0.493 e. The first-order valence-corrected chi connectivity index (χ1v) is 6.89. The van der Waals surface area contributed by atoms with E-state index in [0.29, 0.717) is 31.2 Å². The number of nitrogens with one attached hydrogen (secondary N) is 1. The number of hydrogen-bond acceptors (Lipinski definition) is 3. The highest BCUT2D eigenvalue weighted by Gasteiger charge is 2.00. The molecule has 0 aliphatic rings. The van der Waals surface area contributed by atoms with Gasteiger partial charge in [-0.1, -0.05) is 24.9 Å². The van der Waals surface area contributed by atoms with E-state index in [4.69, 9.17) is 21.1 Å². The summed E-state index contributed by atoms with van der Waals surface area (Å²) >= 11 is 5.76. The van der Waals surface area contributed by atoms with Crippen molar-refractivity contribution < 1.29 is 14.3 Å². The number of amides is 1. The fraction of sp³-hybridized carbons (Fsp3) is 0.500. The molecular formula is C14H20ClNO3. The molecule has 4 nitrogen and oxygen atoms in total. The van der Waals surface area contributed by atoms with Crippen molar-refractivity contribution in [3.63, 3.8) is 0 Å². The van der Waals surface area contributed by atoms with E-state index in [1.54, 1.807) is 24.3 Å². The summed E-state index contributed by atoms with van der Waals surface area (Å²) in [6.07, 6.45) is 2.31. The van der Waals surface area contributed by atoms with Crippen LogP contribution in [0, 0.1) is 0 Å². The first kappa shape index (κ1) is 15.6. The number of carbonyl (C=O) groups excluding carboxylic acids is 1. The van der Waals surface area contributed by atoms with E-state index in [0.717, 1.165) is 18.6 Å². The molecule has 1 N–H and O–H groups in total. The van der Waals surface area contributed by atoms with Crippen LogP contribution >= 0.6 is 11.6 Å². The molecule has 19 heavy (non-hydrogen) atoms. The van der Waals surface area contributed by atoms with Crippen molar-refractivity contribution in [1.82, 2.24) is 5.32 Å². The quantitative estimate of drug-likeness (QED) is 0.742. The van der Waals surface area contributed by atoms with E-state index in [1.165, 1.54) is 0 Å². The van der Waals surface area contributed by atoms with E-state index >= 15 is 0 Å². The molecule has 0 heterocycles. The summed E-state index contributed by atoms with van der Waals surface area (Å²) < 4.78 is 10.5. The zero-order valence-electron chi connectivity index (χ0n) is 11.2. The molecule has 1 aromatic rings. The molecule has 0 aliphatic carbocycles. The molecule has 5 heteroatoms. The van der Waals surface area contributed by atoms with E-state index in [2.05, 4.69) is 12.2 Å². The Morgan fingerprint density at radius 2 is 1.95 bits per heavy atom. The minimum atomic E-state index is -0.361. The first-order chi connectivity index (χ1) is 9.22. The third-order valence-electron chi connectivity index (χ3n) is 2.40. The second-order valence-electron chi connectivity index (χ2n) is 4.07. The zero-order chi connectivity index (χ0) is 13.9. The minimum Gasteiger partial charge on any atom is -0.493 e. The van der Waals surface area contributed by atoms with Gasteiger partial charge in [-0.25, -0.2) is 4.79 Å². The first-order valence-electron chi connectivity index (χ1n) is 6.51. The summed E-state index contributed by atoms with van der Waals surface area (Å²) in [5, 5.41) is 3.36. The van der Waals surface area contributed by atoms with Crippen LogP contribution in [-0.2, 0) is 4.74 Å². The lowest BCUT2D eigenvalue weighted by Gasteiger charge is -2.08. The number of hydrogen-bond donors (Lipinski definition) is 1. The van der Waals surface area contributed by atoms with Crippen molar-refractivity contribution >= 4 is 17.7 Å². The van der Waals surface area contributed by atoms with E-state index < -0.39 is 0 Å². The summed E-state index contributed by atoms with van der Waals surface area (Å²) in [5.74, 6) is 0.761. The van der Waals surface area contributed by atoms with Crippen LogP contribution in [0.4, 0.5) is 4.79 Å². The summed E-state index contributed by atoms with van der Waals surface area (Å²) in [6.45, 7) is 3.59. The van der Waals surface area contributed by atoms with Crippen LogP contribution in [-0.4, -0.2) is 25.9 Å². The van der Waals surface area contributed by atoms with Gasteiger partial charge >= 0.3 is 6.09 Å². The average Bonchev–Trinajstić information content (AvgIpc) is 2.41. The van der Waals surface area contributed by atoms with Crippen LogP contribution in [0.15, 0.2) is 24.3 Å². The Labute approximate surface area is 119 Å². The molecular weight excluding hydrogens is 266 g/mol. The van der Waals surface area contributed by atoms with Crippen molar-refractivity contribution in [3.05, 3.63) is 29.3 Å². The third-order valence-corrected chi connectivity index (χ3v) is 2.66. The molecule has 0 radical (unpaired) electrons. The fourth-order valence-electron chi connectivity index (χ4n) is 1.36. The maximum atomic E-state index is 11.2. The van der Waals surface area contributed by atoms with Crippen molar-refractivity contribution in [2.24, 2.45) is 0 Å². The molecule has 0 aliphatic heterocycles. The summed E-state index contributed by atoms with van der Waals surface area (Å²) in [7, 11) is 0. The number of halogens is 1. The van der Waals surface area contributed by atoms with Crippen LogP contribution < -0.4 is 10.1 Å². The van der Waals surface area contributed by atoms with Gasteiger partial charge in [0.1, 0.15) is 5.75 Å². The topological polar surface area (TPSA) is 47.6 Å². The average molecular weight is 286 g/mol. The molecule has 0 unspecified atom stereocenters. The number of ether oxygens (including phenoxy) is 2. The lowest BCUT2D eigenvalue weighted by atomic mass is 10.3. The maximum absolute atomic E-state index is 11.2. The number of benzene rings is 1. The zero-order valence-corrected chi connectivity index (χ0v) is 11.9. The Morgan fingerprint density at radius 1 is 1.21 bits per heavy atom. The standard InChI is InChI=1S/C14H20ClNO3/c1-2-3-9-16-14(17)19-11-4-10-18-13-7-5-12(15)6-8-13/h5-8H,2-4,9-11H2,1H3,(H,16,17). The van der Waals surface area contributed by atoms with Crippen molar-refractivity contribution in [3.8, 4) is 5.75 Å². The van der Waals surface area contributed by atoms with Gasteiger partial charge in [0.2, 0.25) is 0 Å². The lowest BCUT2D eigenvalue weighted by Crippen LogP contribution is -2.25. The molecule has 1 amide bonds. The van der Waals surface area contributed by atoms with Crippen LogP contribution in [0.2, 0.25) is 5.02 Å². The van der Waals surface area contributed by atoms with Gasteiger partial charge in [-0.3, -0.25) is 0 Å². The van der Waals surface area contributed by atoms with Gasteiger partial charge in [0.15, 0.2) is 0 Å². The lowest BCUT2D eigenvalue weighted by molar-refractivity contribution is 0.137. The summed E-state index contributed by atoms with van der Waals surface area (Å²) in [5.41, 5.74) is 0. The predicted molar refractivity (Wildman–Crippen MR) is 75.8 cm³/mol. The smallest absolute Gasteiger partial charge is 0.407 e. The van der Waals surface area contributed by atoms with Crippen LogP contribution in [0.1, 0.15) is 26.2 Å². The van der Waals surface area contributed by atoms with Gasteiger partial charge in [0.05, 0.1) is 13.2 Å². The second-order valence-corrected chi connectivity index (χ2v) is 4.51. The van der Waals surface area contributed by atoms with Gasteiger partial charge < -0.3 is 14.8 Å². The predicted octanol–water partition coefficient (Wildman–Crippen LogP) is 3.64. The van der Waals surface area contributed by atoms with Crippen LogP contribution in [0.3, 0.4) is 0 Å². The Morgan fingerprint density at radius 3 is 2.63 bits per heavy atom. The SMILES string of the molecule is CCCCNC(=O)OCCCOc1ccc(Cl)cc1. The molecule has 0 saturated carbocycles. The number of rotatable bonds is 8.